The van der Waals surface area contributed by atoms with Crippen LogP contribution in [0.15, 0.2) is 59.5 Å². The zero-order valence-electron chi connectivity index (χ0n) is 16.0. The first-order valence-corrected chi connectivity index (χ1v) is 11.1. The lowest BCUT2D eigenvalue weighted by atomic mass is 10.1. The van der Waals surface area contributed by atoms with Gasteiger partial charge in [-0.1, -0.05) is 29.8 Å². The average Bonchev–Trinajstić information content (AvgIpc) is 2.72. The Morgan fingerprint density at radius 2 is 1.79 bits per heavy atom. The average molecular weight is 435 g/mol. The lowest BCUT2D eigenvalue weighted by Crippen LogP contribution is -2.46. The van der Waals surface area contributed by atoms with E-state index in [1.165, 1.54) is 18.2 Å². The molecular weight excluding hydrogens is 412 g/mol. The van der Waals surface area contributed by atoms with Crippen LogP contribution < -0.4 is 9.46 Å². The second-order valence-corrected chi connectivity index (χ2v) is 8.90. The monoisotopic (exact) mass is 434 g/mol. The van der Waals surface area contributed by atoms with E-state index in [4.69, 9.17) is 16.3 Å². The highest BCUT2D eigenvalue weighted by Crippen LogP contribution is 2.20. The van der Waals surface area contributed by atoms with Crippen LogP contribution in [0.25, 0.3) is 6.08 Å². The molecule has 0 unspecified atom stereocenters. The molecule has 0 aliphatic carbocycles. The van der Waals surface area contributed by atoms with E-state index < -0.39 is 10.0 Å². The minimum atomic E-state index is -3.61. The standard InChI is InChI=1S/C21H23ClN2O4S/c1-28-20-5-3-2-4-16(20)6-11-21(25)24-14-12-18(13-15-24)23-29(26,27)19-9-7-17(22)8-10-19/h2-11,18,23H,12-15H2,1H3. The van der Waals surface area contributed by atoms with Gasteiger partial charge in [-0.05, 0) is 49.2 Å². The molecule has 1 N–H and O–H groups in total. The second-order valence-electron chi connectivity index (χ2n) is 6.75. The molecule has 1 aliphatic rings. The number of halogens is 1. The van der Waals surface area contributed by atoms with Crippen LogP contribution in [0.5, 0.6) is 5.75 Å². The van der Waals surface area contributed by atoms with Crippen LogP contribution in [0.1, 0.15) is 18.4 Å². The molecule has 29 heavy (non-hydrogen) atoms. The van der Waals surface area contributed by atoms with Crippen molar-refractivity contribution in [2.24, 2.45) is 0 Å². The molecule has 1 aliphatic heterocycles. The van der Waals surface area contributed by atoms with E-state index in [-0.39, 0.29) is 16.8 Å². The number of nitrogens with one attached hydrogen (secondary N) is 1. The zero-order valence-corrected chi connectivity index (χ0v) is 17.6. The van der Waals surface area contributed by atoms with Gasteiger partial charge in [0.2, 0.25) is 15.9 Å². The van der Waals surface area contributed by atoms with Crippen LogP contribution in [0, 0.1) is 0 Å². The van der Waals surface area contributed by atoms with Gasteiger partial charge >= 0.3 is 0 Å². The van der Waals surface area contributed by atoms with Crippen molar-refractivity contribution in [2.45, 2.75) is 23.8 Å². The van der Waals surface area contributed by atoms with Crippen molar-refractivity contribution < 1.29 is 17.9 Å². The predicted molar refractivity (Wildman–Crippen MR) is 113 cm³/mol. The number of ether oxygens (including phenoxy) is 1. The smallest absolute Gasteiger partial charge is 0.246 e. The van der Waals surface area contributed by atoms with Gasteiger partial charge in [0, 0.05) is 35.8 Å². The first kappa shape index (κ1) is 21.4. The second kappa shape index (κ2) is 9.43. The molecule has 2 aromatic carbocycles. The van der Waals surface area contributed by atoms with Crippen LogP contribution in [0.3, 0.4) is 0 Å². The molecular formula is C21H23ClN2O4S. The summed E-state index contributed by atoms with van der Waals surface area (Å²) in [5, 5.41) is 0.483. The fourth-order valence-corrected chi connectivity index (χ4v) is 4.62. The van der Waals surface area contributed by atoms with Crippen LogP contribution >= 0.6 is 11.6 Å². The fourth-order valence-electron chi connectivity index (χ4n) is 3.19. The first-order valence-electron chi connectivity index (χ1n) is 9.27. The van der Waals surface area contributed by atoms with Gasteiger partial charge in [-0.15, -0.1) is 0 Å². The molecule has 3 rings (SSSR count). The van der Waals surface area contributed by atoms with Crippen molar-refractivity contribution in [3.63, 3.8) is 0 Å². The maximum absolute atomic E-state index is 12.5. The number of amides is 1. The van der Waals surface area contributed by atoms with Gasteiger partial charge in [-0.2, -0.15) is 0 Å². The third-order valence-corrected chi connectivity index (χ3v) is 6.59. The summed E-state index contributed by atoms with van der Waals surface area (Å²) >= 11 is 5.82. The molecule has 1 fully saturated rings. The Hall–Kier alpha value is -2.35. The molecule has 6 nitrogen and oxygen atoms in total. The molecule has 0 spiro atoms. The Morgan fingerprint density at radius 1 is 1.14 bits per heavy atom. The summed E-state index contributed by atoms with van der Waals surface area (Å²) in [6.45, 7) is 0.978. The van der Waals surface area contributed by atoms with Gasteiger partial charge in [0.1, 0.15) is 5.75 Å². The van der Waals surface area contributed by atoms with E-state index in [0.717, 1.165) is 5.56 Å². The maximum Gasteiger partial charge on any atom is 0.246 e. The quantitative estimate of drug-likeness (QED) is 0.707. The van der Waals surface area contributed by atoms with Crippen LogP contribution in [0.4, 0.5) is 0 Å². The van der Waals surface area contributed by atoms with Gasteiger partial charge in [-0.3, -0.25) is 4.79 Å². The number of carbonyl (C=O) groups is 1. The van der Waals surface area contributed by atoms with E-state index >= 15 is 0 Å². The molecule has 0 radical (unpaired) electrons. The number of nitrogens with zero attached hydrogens (tertiary/aromatic N) is 1. The zero-order chi connectivity index (χ0) is 20.9. The Morgan fingerprint density at radius 3 is 2.45 bits per heavy atom. The number of piperidine rings is 1. The minimum absolute atomic E-state index is 0.102. The number of likely N-dealkylation sites (tertiary alicyclic amines) is 1. The largest absolute Gasteiger partial charge is 0.496 e. The Labute approximate surface area is 176 Å². The van der Waals surface area contributed by atoms with Gasteiger partial charge < -0.3 is 9.64 Å². The summed E-state index contributed by atoms with van der Waals surface area (Å²) in [5.41, 5.74) is 0.828. The summed E-state index contributed by atoms with van der Waals surface area (Å²) in [4.78, 5) is 14.4. The number of rotatable bonds is 6. The topological polar surface area (TPSA) is 75.7 Å². The van der Waals surface area contributed by atoms with Crippen molar-refractivity contribution in [1.82, 2.24) is 9.62 Å². The third-order valence-electron chi connectivity index (χ3n) is 4.80. The number of sulfonamides is 1. The summed E-state index contributed by atoms with van der Waals surface area (Å²) in [6.07, 6.45) is 4.37. The number of hydrogen-bond acceptors (Lipinski definition) is 4. The molecule has 1 amide bonds. The fraction of sp³-hybridized carbons (Fsp3) is 0.286. The van der Waals surface area contributed by atoms with Gasteiger partial charge in [0.05, 0.1) is 12.0 Å². The van der Waals surface area contributed by atoms with Crippen molar-refractivity contribution in [3.8, 4) is 5.75 Å². The Balaban J connectivity index is 1.55. The van der Waals surface area contributed by atoms with E-state index in [0.29, 0.717) is 36.7 Å². The van der Waals surface area contributed by atoms with Crippen molar-refractivity contribution >= 4 is 33.6 Å². The van der Waals surface area contributed by atoms with E-state index in [2.05, 4.69) is 4.72 Å². The van der Waals surface area contributed by atoms with Crippen LogP contribution in [-0.2, 0) is 14.8 Å². The number of methoxy groups -OCH3 is 1. The summed E-state index contributed by atoms with van der Waals surface area (Å²) in [7, 11) is -2.02. The molecule has 2 aromatic rings. The molecule has 0 atom stereocenters. The lowest BCUT2D eigenvalue weighted by molar-refractivity contribution is -0.126. The Kier molecular flexibility index (Phi) is 6.95. The maximum atomic E-state index is 12.5. The number of benzene rings is 2. The van der Waals surface area contributed by atoms with Crippen molar-refractivity contribution in [1.29, 1.82) is 0 Å². The highest BCUT2D eigenvalue weighted by Gasteiger charge is 2.26. The highest BCUT2D eigenvalue weighted by atomic mass is 35.5. The molecule has 0 saturated carbocycles. The van der Waals surface area contributed by atoms with E-state index in [9.17, 15) is 13.2 Å². The molecule has 8 heteroatoms. The molecule has 154 valence electrons. The lowest BCUT2D eigenvalue weighted by Gasteiger charge is -2.31. The van der Waals surface area contributed by atoms with Gasteiger partial charge in [-0.25, -0.2) is 13.1 Å². The third kappa shape index (κ3) is 5.59. The van der Waals surface area contributed by atoms with E-state index in [1.54, 1.807) is 30.2 Å². The molecule has 1 heterocycles. The van der Waals surface area contributed by atoms with Gasteiger partial charge in [0.15, 0.2) is 0 Å². The first-order chi connectivity index (χ1) is 13.9. The molecule has 0 bridgehead atoms. The summed E-state index contributed by atoms with van der Waals surface area (Å²) < 4.78 is 33.0. The van der Waals surface area contributed by atoms with Crippen LogP contribution in [0.2, 0.25) is 5.02 Å². The number of para-hydroxylation sites is 1. The summed E-state index contributed by atoms with van der Waals surface area (Å²) in [5.74, 6) is 0.599. The van der Waals surface area contributed by atoms with Gasteiger partial charge in [0.25, 0.3) is 0 Å². The SMILES string of the molecule is COc1ccccc1C=CC(=O)N1CCC(NS(=O)(=O)c2ccc(Cl)cc2)CC1. The number of hydrogen-bond donors (Lipinski definition) is 1. The predicted octanol–water partition coefficient (Wildman–Crippen LogP) is 3.33. The van der Waals surface area contributed by atoms with E-state index in [1.807, 2.05) is 24.3 Å². The molecule has 0 aromatic heterocycles. The summed E-state index contributed by atoms with van der Waals surface area (Å²) in [6, 6.07) is 13.3. The van der Waals surface area contributed by atoms with Crippen molar-refractivity contribution in [3.05, 3.63) is 65.2 Å². The van der Waals surface area contributed by atoms with Crippen molar-refractivity contribution in [2.75, 3.05) is 20.2 Å². The minimum Gasteiger partial charge on any atom is -0.496 e. The highest BCUT2D eigenvalue weighted by molar-refractivity contribution is 7.89. The normalized spacial score (nSPS) is 15.6. The van der Waals surface area contributed by atoms with Crippen LogP contribution in [-0.4, -0.2) is 45.5 Å². The molecule has 1 saturated heterocycles. The Bertz CT molecular complexity index is 982. The number of carbonyl (C=O) groups excluding carboxylic acids is 1.